The lowest BCUT2D eigenvalue weighted by atomic mass is 10.3. The molecule has 1 aromatic heterocycles. The van der Waals surface area contributed by atoms with Crippen molar-refractivity contribution in [2.45, 2.75) is 19.3 Å². The average molecular weight is 191 g/mol. The number of hydrogen-bond donors (Lipinski definition) is 0. The Kier molecular flexibility index (Phi) is 2.77. The van der Waals surface area contributed by atoms with E-state index in [-0.39, 0.29) is 5.97 Å². The van der Waals surface area contributed by atoms with Crippen LogP contribution >= 0.6 is 0 Å². The van der Waals surface area contributed by atoms with Gasteiger partial charge in [-0.3, -0.25) is 4.98 Å². The molecule has 1 aliphatic carbocycles. The first kappa shape index (κ1) is 9.19. The quantitative estimate of drug-likeness (QED) is 0.683. The van der Waals surface area contributed by atoms with E-state index in [0.717, 1.165) is 12.3 Å². The zero-order valence-electron chi connectivity index (χ0n) is 7.98. The topological polar surface area (TPSA) is 39.2 Å². The summed E-state index contributed by atoms with van der Waals surface area (Å²) in [6.07, 6.45) is 6.77. The minimum atomic E-state index is -0.265. The normalized spacial score (nSPS) is 15.1. The van der Waals surface area contributed by atoms with E-state index in [4.69, 9.17) is 4.74 Å². The van der Waals surface area contributed by atoms with Crippen LogP contribution in [-0.4, -0.2) is 17.6 Å². The molecule has 3 heteroatoms. The highest BCUT2D eigenvalue weighted by molar-refractivity contribution is 5.88. The number of carbonyl (C=O) groups excluding carboxylic acids is 1. The van der Waals surface area contributed by atoms with E-state index in [1.165, 1.54) is 19.0 Å². The fourth-order valence-electron chi connectivity index (χ4n) is 1.29. The molecule has 1 saturated carbocycles. The van der Waals surface area contributed by atoms with Crippen LogP contribution in [0.15, 0.2) is 24.5 Å². The summed E-state index contributed by atoms with van der Waals surface area (Å²) in [6.45, 7) is 0.540. The van der Waals surface area contributed by atoms with E-state index in [1.807, 2.05) is 0 Å². The Morgan fingerprint density at radius 1 is 1.57 bits per heavy atom. The smallest absolute Gasteiger partial charge is 0.339 e. The van der Waals surface area contributed by atoms with Gasteiger partial charge in [0.25, 0.3) is 0 Å². The predicted molar refractivity (Wildman–Crippen MR) is 51.9 cm³/mol. The maximum Gasteiger partial charge on any atom is 0.339 e. The van der Waals surface area contributed by atoms with Crippen molar-refractivity contribution in [1.29, 1.82) is 0 Å². The van der Waals surface area contributed by atoms with E-state index < -0.39 is 0 Å². The lowest BCUT2D eigenvalue weighted by Crippen LogP contribution is -2.06. The molecule has 0 N–H and O–H groups in total. The zero-order chi connectivity index (χ0) is 9.80. The molecule has 0 radical (unpaired) electrons. The van der Waals surface area contributed by atoms with Gasteiger partial charge in [-0.2, -0.15) is 0 Å². The molecule has 0 amide bonds. The van der Waals surface area contributed by atoms with Crippen LogP contribution in [0.25, 0.3) is 0 Å². The summed E-state index contributed by atoms with van der Waals surface area (Å²) < 4.78 is 5.10. The standard InChI is InChI=1S/C11H13NO2/c13-11(10-2-1-6-12-8-10)14-7-5-9-3-4-9/h1-2,6,8-9H,3-5,7H2. The Balaban J connectivity index is 1.77. The molecule has 3 nitrogen and oxygen atoms in total. The third-order valence-electron chi connectivity index (χ3n) is 2.35. The highest BCUT2D eigenvalue weighted by Gasteiger charge is 2.21. The van der Waals surface area contributed by atoms with E-state index in [2.05, 4.69) is 4.98 Å². The fraction of sp³-hybridized carbons (Fsp3) is 0.455. The number of nitrogens with zero attached hydrogens (tertiary/aromatic N) is 1. The maximum atomic E-state index is 11.4. The molecule has 0 aromatic carbocycles. The van der Waals surface area contributed by atoms with Crippen molar-refractivity contribution in [1.82, 2.24) is 4.98 Å². The molecule has 1 fully saturated rings. The molecule has 1 heterocycles. The van der Waals surface area contributed by atoms with Gasteiger partial charge in [-0.15, -0.1) is 0 Å². The first-order valence-electron chi connectivity index (χ1n) is 4.93. The minimum absolute atomic E-state index is 0.265. The second-order valence-corrected chi connectivity index (χ2v) is 3.61. The van der Waals surface area contributed by atoms with Crippen LogP contribution in [0.1, 0.15) is 29.6 Å². The van der Waals surface area contributed by atoms with Gasteiger partial charge in [0, 0.05) is 12.4 Å². The molecule has 0 atom stereocenters. The molecule has 0 spiro atoms. The number of hydrogen-bond acceptors (Lipinski definition) is 3. The summed E-state index contributed by atoms with van der Waals surface area (Å²) in [5.74, 6) is 0.537. The number of carbonyl (C=O) groups is 1. The monoisotopic (exact) mass is 191 g/mol. The molecule has 0 unspecified atom stereocenters. The average Bonchev–Trinajstić information content (AvgIpc) is 3.03. The highest BCUT2D eigenvalue weighted by atomic mass is 16.5. The van der Waals surface area contributed by atoms with Crippen LogP contribution in [0.3, 0.4) is 0 Å². The molecule has 0 bridgehead atoms. The summed E-state index contributed by atoms with van der Waals surface area (Å²) in [4.78, 5) is 15.2. The third-order valence-corrected chi connectivity index (χ3v) is 2.35. The molecule has 0 aliphatic heterocycles. The Hall–Kier alpha value is -1.38. The van der Waals surface area contributed by atoms with Gasteiger partial charge in [0.05, 0.1) is 12.2 Å². The number of pyridine rings is 1. The predicted octanol–water partition coefficient (Wildman–Crippen LogP) is 2.04. The van der Waals surface area contributed by atoms with Gasteiger partial charge < -0.3 is 4.74 Å². The highest BCUT2D eigenvalue weighted by Crippen LogP contribution is 2.32. The lowest BCUT2D eigenvalue weighted by Gasteiger charge is -2.02. The van der Waals surface area contributed by atoms with Gasteiger partial charge in [-0.1, -0.05) is 12.8 Å². The van der Waals surface area contributed by atoms with Crippen molar-refractivity contribution in [3.05, 3.63) is 30.1 Å². The number of rotatable bonds is 4. The Morgan fingerprint density at radius 3 is 3.07 bits per heavy atom. The molecule has 1 aliphatic rings. The molecule has 0 saturated heterocycles. The summed E-state index contributed by atoms with van der Waals surface area (Å²) in [6, 6.07) is 3.45. The van der Waals surface area contributed by atoms with Crippen LogP contribution in [0.2, 0.25) is 0 Å². The van der Waals surface area contributed by atoms with Crippen molar-refractivity contribution in [3.63, 3.8) is 0 Å². The van der Waals surface area contributed by atoms with Crippen LogP contribution in [0.4, 0.5) is 0 Å². The third kappa shape index (κ3) is 2.55. The van der Waals surface area contributed by atoms with Crippen molar-refractivity contribution in [2.75, 3.05) is 6.61 Å². The van der Waals surface area contributed by atoms with Crippen molar-refractivity contribution in [3.8, 4) is 0 Å². The SMILES string of the molecule is O=C(OCCC1CC1)c1cccnc1. The maximum absolute atomic E-state index is 11.4. The minimum Gasteiger partial charge on any atom is -0.462 e. The second kappa shape index (κ2) is 4.22. The molecule has 74 valence electrons. The largest absolute Gasteiger partial charge is 0.462 e. The number of aromatic nitrogens is 1. The summed E-state index contributed by atoms with van der Waals surface area (Å²) in [7, 11) is 0. The van der Waals surface area contributed by atoms with Gasteiger partial charge in [0.15, 0.2) is 0 Å². The molecular formula is C11H13NO2. The van der Waals surface area contributed by atoms with E-state index in [0.29, 0.717) is 12.2 Å². The van der Waals surface area contributed by atoms with Gasteiger partial charge in [0.2, 0.25) is 0 Å². The van der Waals surface area contributed by atoms with E-state index in [1.54, 1.807) is 18.3 Å². The summed E-state index contributed by atoms with van der Waals surface area (Å²) in [5, 5.41) is 0. The lowest BCUT2D eigenvalue weighted by molar-refractivity contribution is 0.0494. The van der Waals surface area contributed by atoms with Crippen molar-refractivity contribution >= 4 is 5.97 Å². The Morgan fingerprint density at radius 2 is 2.43 bits per heavy atom. The first-order chi connectivity index (χ1) is 6.86. The van der Waals surface area contributed by atoms with Crippen molar-refractivity contribution in [2.24, 2.45) is 5.92 Å². The van der Waals surface area contributed by atoms with Gasteiger partial charge in [-0.05, 0) is 24.5 Å². The van der Waals surface area contributed by atoms with Crippen LogP contribution in [0, 0.1) is 5.92 Å². The summed E-state index contributed by atoms with van der Waals surface area (Å²) in [5.41, 5.74) is 0.531. The van der Waals surface area contributed by atoms with E-state index in [9.17, 15) is 4.79 Å². The van der Waals surface area contributed by atoms with Gasteiger partial charge >= 0.3 is 5.97 Å². The van der Waals surface area contributed by atoms with Gasteiger partial charge in [0.1, 0.15) is 0 Å². The van der Waals surface area contributed by atoms with Crippen LogP contribution < -0.4 is 0 Å². The van der Waals surface area contributed by atoms with Crippen LogP contribution in [0.5, 0.6) is 0 Å². The Bertz CT molecular complexity index is 306. The van der Waals surface area contributed by atoms with Gasteiger partial charge in [-0.25, -0.2) is 4.79 Å². The molecule has 14 heavy (non-hydrogen) atoms. The second-order valence-electron chi connectivity index (χ2n) is 3.61. The number of esters is 1. The van der Waals surface area contributed by atoms with Crippen LogP contribution in [-0.2, 0) is 4.74 Å². The van der Waals surface area contributed by atoms with E-state index >= 15 is 0 Å². The molecular weight excluding hydrogens is 178 g/mol. The number of ether oxygens (including phenoxy) is 1. The first-order valence-corrected chi connectivity index (χ1v) is 4.93. The molecule has 2 rings (SSSR count). The molecule has 1 aromatic rings. The zero-order valence-corrected chi connectivity index (χ0v) is 7.98. The summed E-state index contributed by atoms with van der Waals surface area (Å²) >= 11 is 0. The fourth-order valence-corrected chi connectivity index (χ4v) is 1.29. The Labute approximate surface area is 83.1 Å². The van der Waals surface area contributed by atoms with Crippen molar-refractivity contribution < 1.29 is 9.53 Å².